The number of rotatable bonds is 4. The molecule has 5 heteroatoms. The van der Waals surface area contributed by atoms with Crippen LogP contribution in [0.2, 0.25) is 10.0 Å². The quantitative estimate of drug-likeness (QED) is 0.810. The predicted molar refractivity (Wildman–Crippen MR) is 92.6 cm³/mol. The van der Waals surface area contributed by atoms with Gasteiger partial charge in [-0.05, 0) is 55.3 Å². The fourth-order valence-corrected chi connectivity index (χ4v) is 2.61. The Hall–Kier alpha value is -1.29. The predicted octanol–water partition coefficient (Wildman–Crippen LogP) is 4.82. The van der Waals surface area contributed by atoms with Gasteiger partial charge in [0, 0.05) is 21.2 Å². The molecule has 21 heavy (non-hydrogen) atoms. The van der Waals surface area contributed by atoms with E-state index in [0.29, 0.717) is 21.6 Å². The lowest BCUT2D eigenvalue weighted by Gasteiger charge is -2.14. The van der Waals surface area contributed by atoms with Crippen molar-refractivity contribution < 1.29 is 4.74 Å². The summed E-state index contributed by atoms with van der Waals surface area (Å²) in [5, 5.41) is 1.27. The van der Waals surface area contributed by atoms with Crippen LogP contribution in [0.1, 0.15) is 22.3 Å². The first-order valence-electron chi connectivity index (χ1n) is 6.36. The highest BCUT2D eigenvalue weighted by Gasteiger charge is 2.09. The summed E-state index contributed by atoms with van der Waals surface area (Å²) < 4.78 is 5.90. The lowest BCUT2D eigenvalue weighted by Crippen LogP contribution is -2.10. The molecule has 0 saturated heterocycles. The van der Waals surface area contributed by atoms with Gasteiger partial charge in [0.2, 0.25) is 0 Å². The zero-order valence-electron chi connectivity index (χ0n) is 11.7. The molecule has 0 radical (unpaired) electrons. The minimum atomic E-state index is 0.355. The molecule has 110 valence electrons. The Morgan fingerprint density at radius 2 is 1.76 bits per heavy atom. The highest BCUT2D eigenvalue weighted by molar-refractivity contribution is 7.80. The van der Waals surface area contributed by atoms with Crippen molar-refractivity contribution in [2.75, 3.05) is 0 Å². The highest BCUT2D eigenvalue weighted by atomic mass is 35.5. The van der Waals surface area contributed by atoms with Crippen LogP contribution in [0, 0.1) is 13.8 Å². The van der Waals surface area contributed by atoms with Gasteiger partial charge >= 0.3 is 0 Å². The summed E-state index contributed by atoms with van der Waals surface area (Å²) >= 11 is 17.1. The standard InChI is InChI=1S/C16H15Cl2NOS/c1-9-5-11(16(19)21)6-10(2)15(9)20-8-12-7-13(17)3-4-14(12)18/h3-7H,8H2,1-2H3,(H2,19,21). The molecule has 0 fully saturated rings. The summed E-state index contributed by atoms with van der Waals surface area (Å²) in [6, 6.07) is 9.16. The molecule has 0 spiro atoms. The van der Waals surface area contributed by atoms with E-state index in [9.17, 15) is 0 Å². The average Bonchev–Trinajstić information content (AvgIpc) is 2.41. The van der Waals surface area contributed by atoms with Crippen LogP contribution in [0.5, 0.6) is 5.75 Å². The maximum atomic E-state index is 6.14. The first-order chi connectivity index (χ1) is 9.88. The van der Waals surface area contributed by atoms with E-state index >= 15 is 0 Å². The van der Waals surface area contributed by atoms with Crippen LogP contribution in [0.25, 0.3) is 0 Å². The number of aryl methyl sites for hydroxylation is 2. The molecule has 0 unspecified atom stereocenters. The number of nitrogens with two attached hydrogens (primary N) is 1. The third-order valence-corrected chi connectivity index (χ3v) is 3.96. The Morgan fingerprint density at radius 1 is 1.14 bits per heavy atom. The zero-order chi connectivity index (χ0) is 15.6. The fraction of sp³-hybridized carbons (Fsp3) is 0.188. The van der Waals surface area contributed by atoms with Crippen molar-refractivity contribution in [3.05, 3.63) is 62.6 Å². The number of benzene rings is 2. The summed E-state index contributed by atoms with van der Waals surface area (Å²) in [7, 11) is 0. The Balaban J connectivity index is 2.24. The van der Waals surface area contributed by atoms with E-state index in [2.05, 4.69) is 0 Å². The lowest BCUT2D eigenvalue weighted by atomic mass is 10.1. The van der Waals surface area contributed by atoms with Crippen LogP contribution >= 0.6 is 35.4 Å². The van der Waals surface area contributed by atoms with E-state index in [1.807, 2.05) is 26.0 Å². The van der Waals surface area contributed by atoms with E-state index in [-0.39, 0.29) is 0 Å². The Bertz CT molecular complexity index is 678. The Labute approximate surface area is 139 Å². The first-order valence-corrected chi connectivity index (χ1v) is 7.52. The van der Waals surface area contributed by atoms with Crippen LogP contribution < -0.4 is 10.5 Å². The molecule has 0 heterocycles. The number of hydrogen-bond donors (Lipinski definition) is 1. The SMILES string of the molecule is Cc1cc(C(N)=S)cc(C)c1OCc1cc(Cl)ccc1Cl. The minimum Gasteiger partial charge on any atom is -0.488 e. The van der Waals surface area contributed by atoms with Gasteiger partial charge in [-0.1, -0.05) is 35.4 Å². The zero-order valence-corrected chi connectivity index (χ0v) is 14.1. The summed E-state index contributed by atoms with van der Waals surface area (Å²) in [6.07, 6.45) is 0. The van der Waals surface area contributed by atoms with Crippen molar-refractivity contribution in [1.29, 1.82) is 0 Å². The molecule has 2 N–H and O–H groups in total. The summed E-state index contributed by atoms with van der Waals surface area (Å²) in [5.41, 5.74) is 9.32. The van der Waals surface area contributed by atoms with Gasteiger partial charge in [0.1, 0.15) is 17.3 Å². The molecule has 0 amide bonds. The molecule has 0 saturated carbocycles. The molecule has 0 aliphatic rings. The molecular weight excluding hydrogens is 325 g/mol. The normalized spacial score (nSPS) is 10.5. The molecule has 2 aromatic carbocycles. The topological polar surface area (TPSA) is 35.2 Å². The fourth-order valence-electron chi connectivity index (χ4n) is 2.12. The Kier molecular flexibility index (Phi) is 5.09. The lowest BCUT2D eigenvalue weighted by molar-refractivity contribution is 0.302. The molecular formula is C16H15Cl2NOS. The highest BCUT2D eigenvalue weighted by Crippen LogP contribution is 2.28. The van der Waals surface area contributed by atoms with Crippen LogP contribution in [-0.2, 0) is 6.61 Å². The van der Waals surface area contributed by atoms with Gasteiger partial charge in [-0.25, -0.2) is 0 Å². The average molecular weight is 340 g/mol. The second-order valence-corrected chi connectivity index (χ2v) is 6.11. The van der Waals surface area contributed by atoms with Crippen LogP contribution in [-0.4, -0.2) is 4.99 Å². The molecule has 0 atom stereocenters. The van der Waals surface area contributed by atoms with E-state index in [1.54, 1.807) is 18.2 Å². The van der Waals surface area contributed by atoms with Crippen molar-refractivity contribution in [2.45, 2.75) is 20.5 Å². The molecule has 2 aromatic rings. The van der Waals surface area contributed by atoms with E-state index in [1.165, 1.54) is 0 Å². The molecule has 2 nitrogen and oxygen atoms in total. The third kappa shape index (κ3) is 3.88. The van der Waals surface area contributed by atoms with Gasteiger partial charge in [-0.3, -0.25) is 0 Å². The summed E-state index contributed by atoms with van der Waals surface area (Å²) in [6.45, 7) is 4.28. The number of hydrogen-bond acceptors (Lipinski definition) is 2. The minimum absolute atomic E-state index is 0.355. The smallest absolute Gasteiger partial charge is 0.125 e. The van der Waals surface area contributed by atoms with Gasteiger partial charge in [-0.2, -0.15) is 0 Å². The maximum Gasteiger partial charge on any atom is 0.125 e. The Morgan fingerprint density at radius 3 is 2.33 bits per heavy atom. The van der Waals surface area contributed by atoms with E-state index in [4.69, 9.17) is 45.9 Å². The van der Waals surface area contributed by atoms with E-state index < -0.39 is 0 Å². The summed E-state index contributed by atoms with van der Waals surface area (Å²) in [5.74, 6) is 0.811. The maximum absolute atomic E-state index is 6.14. The van der Waals surface area contributed by atoms with Crippen molar-refractivity contribution >= 4 is 40.4 Å². The van der Waals surface area contributed by atoms with Crippen LogP contribution in [0.4, 0.5) is 0 Å². The monoisotopic (exact) mass is 339 g/mol. The van der Waals surface area contributed by atoms with Crippen LogP contribution in [0.3, 0.4) is 0 Å². The first kappa shape index (κ1) is 16.1. The van der Waals surface area contributed by atoms with Crippen molar-refractivity contribution in [3.63, 3.8) is 0 Å². The van der Waals surface area contributed by atoms with Gasteiger partial charge in [0.25, 0.3) is 0 Å². The van der Waals surface area contributed by atoms with Crippen LogP contribution in [0.15, 0.2) is 30.3 Å². The van der Waals surface area contributed by atoms with Gasteiger partial charge < -0.3 is 10.5 Å². The third-order valence-electron chi connectivity index (χ3n) is 3.12. The number of halogens is 2. The molecule has 0 aliphatic carbocycles. The van der Waals surface area contributed by atoms with E-state index in [0.717, 1.165) is 28.0 Å². The van der Waals surface area contributed by atoms with Gasteiger partial charge in [-0.15, -0.1) is 0 Å². The van der Waals surface area contributed by atoms with Crippen molar-refractivity contribution in [3.8, 4) is 5.75 Å². The second kappa shape index (κ2) is 6.65. The van der Waals surface area contributed by atoms with Gasteiger partial charge in [0.15, 0.2) is 0 Å². The molecule has 0 aromatic heterocycles. The molecule has 0 aliphatic heterocycles. The number of ether oxygens (including phenoxy) is 1. The van der Waals surface area contributed by atoms with Crippen molar-refractivity contribution in [1.82, 2.24) is 0 Å². The van der Waals surface area contributed by atoms with Crippen molar-refractivity contribution in [2.24, 2.45) is 5.73 Å². The molecule has 0 bridgehead atoms. The second-order valence-electron chi connectivity index (χ2n) is 4.83. The largest absolute Gasteiger partial charge is 0.488 e. The number of thiocarbonyl (C=S) groups is 1. The van der Waals surface area contributed by atoms with Gasteiger partial charge in [0.05, 0.1) is 0 Å². The summed E-state index contributed by atoms with van der Waals surface area (Å²) in [4.78, 5) is 0.380. The molecule has 2 rings (SSSR count).